The van der Waals surface area contributed by atoms with E-state index in [0.29, 0.717) is 11.4 Å². The number of nitriles is 1. The number of anilines is 1. The molecule has 1 N–H and O–H groups in total. The largest absolute Gasteiger partial charge is 0.315 e. The Bertz CT molecular complexity index is 1140. The van der Waals surface area contributed by atoms with Gasteiger partial charge in [0, 0.05) is 7.05 Å². The van der Waals surface area contributed by atoms with E-state index in [2.05, 4.69) is 5.32 Å². The van der Waals surface area contributed by atoms with Gasteiger partial charge in [-0.2, -0.15) is 5.26 Å². The molecule has 0 saturated heterocycles. The topological polar surface area (TPSA) is 79.8 Å². The minimum Gasteiger partial charge on any atom is -0.315 e. The maximum absolute atomic E-state index is 12.9. The molecule has 0 aliphatic rings. The van der Waals surface area contributed by atoms with Crippen molar-refractivity contribution in [2.45, 2.75) is 13.8 Å². The lowest BCUT2D eigenvalue weighted by molar-refractivity contribution is -0.112. The van der Waals surface area contributed by atoms with Gasteiger partial charge in [-0.3, -0.25) is 14.3 Å². The van der Waals surface area contributed by atoms with E-state index in [-0.39, 0.29) is 16.8 Å². The molecule has 3 rings (SSSR count). The normalized spacial score (nSPS) is 11.1. The van der Waals surface area contributed by atoms with Crippen LogP contribution in [0.1, 0.15) is 16.8 Å². The first-order valence-corrected chi connectivity index (χ1v) is 8.76. The summed E-state index contributed by atoms with van der Waals surface area (Å²) in [5.74, 6) is -0.617. The maximum atomic E-state index is 12.9. The highest BCUT2D eigenvalue weighted by Gasteiger charge is 2.19. The third kappa shape index (κ3) is 3.64. The molecule has 0 spiro atoms. The van der Waals surface area contributed by atoms with Crippen molar-refractivity contribution in [3.63, 3.8) is 0 Å². The molecule has 0 bridgehead atoms. The number of hydrogen-bond acceptors (Lipinski definition) is 3. The van der Waals surface area contributed by atoms with E-state index in [1.807, 2.05) is 67.6 Å². The van der Waals surface area contributed by atoms with Gasteiger partial charge in [0.15, 0.2) is 0 Å². The summed E-state index contributed by atoms with van der Waals surface area (Å²) in [5, 5.41) is 12.0. The standard InChI is InChI=1S/C22H20N4O2/c1-15-9-11-17(12-10-15)13-18(14-23)21(27)24-20-16(2)25(3)26(22(20)28)19-7-5-4-6-8-19/h4-13H,1-3H3,(H,24,27)/b18-13-. The average Bonchev–Trinajstić information content (AvgIpc) is 2.91. The number of amides is 1. The number of rotatable bonds is 4. The third-order valence-electron chi connectivity index (χ3n) is 4.55. The molecule has 1 amide bonds. The number of hydrogen-bond donors (Lipinski definition) is 1. The zero-order valence-corrected chi connectivity index (χ0v) is 15.9. The van der Waals surface area contributed by atoms with Gasteiger partial charge in [-0.05, 0) is 37.6 Å². The molecule has 0 aliphatic carbocycles. The van der Waals surface area contributed by atoms with E-state index in [1.54, 1.807) is 18.7 Å². The molecule has 0 aliphatic heterocycles. The predicted octanol–water partition coefficient (Wildman–Crippen LogP) is 3.34. The van der Waals surface area contributed by atoms with Gasteiger partial charge >= 0.3 is 0 Å². The van der Waals surface area contributed by atoms with E-state index in [9.17, 15) is 14.9 Å². The number of carbonyl (C=O) groups is 1. The van der Waals surface area contributed by atoms with E-state index in [0.717, 1.165) is 11.1 Å². The van der Waals surface area contributed by atoms with Crippen LogP contribution < -0.4 is 10.9 Å². The minimum atomic E-state index is -0.617. The number of aryl methyl sites for hydroxylation is 1. The lowest BCUT2D eigenvalue weighted by Crippen LogP contribution is -2.23. The van der Waals surface area contributed by atoms with Gasteiger partial charge in [-0.25, -0.2) is 4.68 Å². The molecule has 0 saturated carbocycles. The molecule has 0 fully saturated rings. The molecule has 0 atom stereocenters. The van der Waals surface area contributed by atoms with Crippen molar-refractivity contribution < 1.29 is 4.79 Å². The number of carbonyl (C=O) groups excluding carboxylic acids is 1. The van der Waals surface area contributed by atoms with Crippen molar-refractivity contribution in [3.05, 3.63) is 87.3 Å². The number of benzene rings is 2. The summed E-state index contributed by atoms with van der Waals surface area (Å²) >= 11 is 0. The van der Waals surface area contributed by atoms with Crippen LogP contribution in [0.4, 0.5) is 5.69 Å². The van der Waals surface area contributed by atoms with Gasteiger partial charge in [-0.1, -0.05) is 48.0 Å². The van der Waals surface area contributed by atoms with Gasteiger partial charge < -0.3 is 5.32 Å². The van der Waals surface area contributed by atoms with Crippen LogP contribution in [0.3, 0.4) is 0 Å². The Morgan fingerprint density at radius 1 is 1.07 bits per heavy atom. The van der Waals surface area contributed by atoms with Crippen LogP contribution in [0.15, 0.2) is 65.0 Å². The predicted molar refractivity (Wildman–Crippen MR) is 109 cm³/mol. The maximum Gasteiger partial charge on any atom is 0.295 e. The molecule has 0 unspecified atom stereocenters. The summed E-state index contributed by atoms with van der Waals surface area (Å²) in [6, 6.07) is 18.5. The fourth-order valence-corrected chi connectivity index (χ4v) is 2.87. The summed E-state index contributed by atoms with van der Waals surface area (Å²) in [5.41, 5.74) is 2.83. The summed E-state index contributed by atoms with van der Waals surface area (Å²) in [4.78, 5) is 25.5. The third-order valence-corrected chi connectivity index (χ3v) is 4.55. The molecule has 2 aromatic carbocycles. The summed E-state index contributed by atoms with van der Waals surface area (Å²) in [6.07, 6.45) is 1.50. The SMILES string of the molecule is Cc1ccc(/C=C(/C#N)C(=O)Nc2c(C)n(C)n(-c3ccccc3)c2=O)cc1. The fraction of sp³-hybridized carbons (Fsp3) is 0.136. The molecule has 6 heteroatoms. The second-order valence-electron chi connectivity index (χ2n) is 6.47. The molecule has 6 nitrogen and oxygen atoms in total. The van der Waals surface area contributed by atoms with Crippen LogP contribution >= 0.6 is 0 Å². The molecule has 140 valence electrons. The van der Waals surface area contributed by atoms with Crippen molar-refractivity contribution in [2.24, 2.45) is 7.05 Å². The molecule has 28 heavy (non-hydrogen) atoms. The van der Waals surface area contributed by atoms with Crippen LogP contribution in [0.2, 0.25) is 0 Å². The number of nitrogens with one attached hydrogen (secondary N) is 1. The Morgan fingerprint density at radius 3 is 2.32 bits per heavy atom. The van der Waals surface area contributed by atoms with Gasteiger partial charge in [0.1, 0.15) is 17.3 Å². The van der Waals surface area contributed by atoms with Gasteiger partial charge in [0.05, 0.1) is 11.4 Å². The first-order valence-electron chi connectivity index (χ1n) is 8.76. The fourth-order valence-electron chi connectivity index (χ4n) is 2.87. The van der Waals surface area contributed by atoms with Crippen LogP contribution in [0, 0.1) is 25.2 Å². The molecule has 1 heterocycles. The average molecular weight is 372 g/mol. The van der Waals surface area contributed by atoms with Gasteiger partial charge in [-0.15, -0.1) is 0 Å². The number of nitrogens with zero attached hydrogens (tertiary/aromatic N) is 3. The second kappa shape index (κ2) is 7.80. The van der Waals surface area contributed by atoms with E-state index in [4.69, 9.17) is 0 Å². The Balaban J connectivity index is 1.95. The van der Waals surface area contributed by atoms with Crippen LogP contribution in [-0.4, -0.2) is 15.3 Å². The van der Waals surface area contributed by atoms with Crippen molar-refractivity contribution >= 4 is 17.7 Å². The van der Waals surface area contributed by atoms with Crippen molar-refractivity contribution in [1.82, 2.24) is 9.36 Å². The lowest BCUT2D eigenvalue weighted by Gasteiger charge is -2.07. The molecule has 0 radical (unpaired) electrons. The van der Waals surface area contributed by atoms with Crippen molar-refractivity contribution in [2.75, 3.05) is 5.32 Å². The smallest absolute Gasteiger partial charge is 0.295 e. The lowest BCUT2D eigenvalue weighted by atomic mass is 10.1. The Morgan fingerprint density at radius 2 is 1.71 bits per heavy atom. The first-order chi connectivity index (χ1) is 13.4. The van der Waals surface area contributed by atoms with Gasteiger partial charge in [0.2, 0.25) is 0 Å². The molecule has 3 aromatic rings. The summed E-state index contributed by atoms with van der Waals surface area (Å²) in [6.45, 7) is 3.70. The zero-order valence-electron chi connectivity index (χ0n) is 15.9. The highest BCUT2D eigenvalue weighted by atomic mass is 16.2. The van der Waals surface area contributed by atoms with Crippen LogP contribution in [-0.2, 0) is 11.8 Å². The number of aromatic nitrogens is 2. The van der Waals surface area contributed by atoms with Crippen molar-refractivity contribution in [1.29, 1.82) is 5.26 Å². The summed E-state index contributed by atoms with van der Waals surface area (Å²) < 4.78 is 3.14. The molecular weight excluding hydrogens is 352 g/mol. The highest BCUT2D eigenvalue weighted by Crippen LogP contribution is 2.16. The van der Waals surface area contributed by atoms with Crippen molar-refractivity contribution in [3.8, 4) is 11.8 Å². The Labute approximate surface area is 162 Å². The Kier molecular flexibility index (Phi) is 5.28. The first kappa shape index (κ1) is 18.9. The van der Waals surface area contributed by atoms with Crippen LogP contribution in [0.25, 0.3) is 11.8 Å². The van der Waals surface area contributed by atoms with E-state index < -0.39 is 5.91 Å². The zero-order chi connectivity index (χ0) is 20.3. The quantitative estimate of drug-likeness (QED) is 0.563. The number of para-hydroxylation sites is 1. The monoisotopic (exact) mass is 372 g/mol. The Hall–Kier alpha value is -3.85. The molecule has 1 aromatic heterocycles. The molecular formula is C22H20N4O2. The summed E-state index contributed by atoms with van der Waals surface area (Å²) in [7, 11) is 1.74. The highest BCUT2D eigenvalue weighted by molar-refractivity contribution is 6.09. The van der Waals surface area contributed by atoms with Crippen LogP contribution in [0.5, 0.6) is 0 Å². The van der Waals surface area contributed by atoms with E-state index in [1.165, 1.54) is 10.8 Å². The van der Waals surface area contributed by atoms with E-state index >= 15 is 0 Å². The van der Waals surface area contributed by atoms with Gasteiger partial charge in [0.25, 0.3) is 11.5 Å². The second-order valence-corrected chi connectivity index (χ2v) is 6.47. The minimum absolute atomic E-state index is 0.0715.